The molecule has 0 spiro atoms. The standard InChI is InChI=1S/C13H12BrN5O/c1-19-12-10(6-18-19)13(17-7-16-12)20-11-3-2-9(14)4-8(11)5-15/h2-4,6-7H,5,15H2,1H3. The monoisotopic (exact) mass is 333 g/mol. The minimum absolute atomic E-state index is 0.385. The topological polar surface area (TPSA) is 78.9 Å². The fourth-order valence-corrected chi connectivity index (χ4v) is 2.34. The van der Waals surface area contributed by atoms with E-state index in [1.54, 1.807) is 10.9 Å². The van der Waals surface area contributed by atoms with Gasteiger partial charge in [-0.05, 0) is 18.2 Å². The zero-order chi connectivity index (χ0) is 14.1. The number of nitrogens with zero attached hydrogens (tertiary/aromatic N) is 4. The fourth-order valence-electron chi connectivity index (χ4n) is 1.93. The Morgan fingerprint density at radius 3 is 3.00 bits per heavy atom. The molecule has 7 heteroatoms. The van der Waals surface area contributed by atoms with Gasteiger partial charge in [0, 0.05) is 23.6 Å². The van der Waals surface area contributed by atoms with Crippen LogP contribution in [0, 0.1) is 0 Å². The summed E-state index contributed by atoms with van der Waals surface area (Å²) < 4.78 is 8.51. The number of aromatic nitrogens is 4. The van der Waals surface area contributed by atoms with Crippen LogP contribution < -0.4 is 10.5 Å². The van der Waals surface area contributed by atoms with Crippen LogP contribution in [-0.4, -0.2) is 19.7 Å². The summed E-state index contributed by atoms with van der Waals surface area (Å²) >= 11 is 3.42. The van der Waals surface area contributed by atoms with Gasteiger partial charge in [0.05, 0.1) is 6.20 Å². The summed E-state index contributed by atoms with van der Waals surface area (Å²) in [6.45, 7) is 0.385. The first kappa shape index (κ1) is 13.0. The Morgan fingerprint density at radius 2 is 2.20 bits per heavy atom. The van der Waals surface area contributed by atoms with Crippen LogP contribution in [-0.2, 0) is 13.6 Å². The molecule has 0 bridgehead atoms. The highest BCUT2D eigenvalue weighted by Gasteiger charge is 2.11. The minimum Gasteiger partial charge on any atom is -0.438 e. The van der Waals surface area contributed by atoms with Crippen molar-refractivity contribution in [3.8, 4) is 11.6 Å². The lowest BCUT2D eigenvalue weighted by Crippen LogP contribution is -2.00. The molecule has 3 rings (SSSR count). The molecule has 2 aromatic heterocycles. The van der Waals surface area contributed by atoms with Crippen molar-refractivity contribution in [2.75, 3.05) is 0 Å². The molecule has 0 saturated carbocycles. The molecule has 3 aromatic rings. The molecule has 0 amide bonds. The van der Waals surface area contributed by atoms with Crippen molar-refractivity contribution in [1.82, 2.24) is 19.7 Å². The Morgan fingerprint density at radius 1 is 1.35 bits per heavy atom. The van der Waals surface area contributed by atoms with Crippen LogP contribution in [0.4, 0.5) is 0 Å². The molecule has 0 aliphatic carbocycles. The first-order chi connectivity index (χ1) is 9.69. The third kappa shape index (κ3) is 2.25. The predicted octanol–water partition coefficient (Wildman–Crippen LogP) is 2.38. The number of aryl methyl sites for hydroxylation is 1. The molecule has 0 atom stereocenters. The quantitative estimate of drug-likeness (QED) is 0.796. The third-order valence-electron chi connectivity index (χ3n) is 2.94. The number of fused-ring (bicyclic) bond motifs is 1. The van der Waals surface area contributed by atoms with Crippen molar-refractivity contribution in [3.05, 3.63) is 40.8 Å². The van der Waals surface area contributed by atoms with Gasteiger partial charge in [-0.1, -0.05) is 15.9 Å². The maximum Gasteiger partial charge on any atom is 0.233 e. The predicted molar refractivity (Wildman–Crippen MR) is 78.4 cm³/mol. The molecule has 2 heterocycles. The molecule has 0 radical (unpaired) electrons. The molecule has 0 unspecified atom stereocenters. The molecule has 0 saturated heterocycles. The summed E-state index contributed by atoms with van der Waals surface area (Å²) in [5.41, 5.74) is 7.36. The van der Waals surface area contributed by atoms with E-state index in [-0.39, 0.29) is 0 Å². The van der Waals surface area contributed by atoms with Crippen molar-refractivity contribution in [2.45, 2.75) is 6.54 Å². The Balaban J connectivity index is 2.05. The first-order valence-corrected chi connectivity index (χ1v) is 6.77. The van der Waals surface area contributed by atoms with E-state index < -0.39 is 0 Å². The summed E-state index contributed by atoms with van der Waals surface area (Å²) in [4.78, 5) is 8.35. The average Bonchev–Trinajstić information content (AvgIpc) is 2.84. The molecule has 0 aliphatic rings. The van der Waals surface area contributed by atoms with Crippen molar-refractivity contribution >= 4 is 27.0 Å². The minimum atomic E-state index is 0.385. The largest absolute Gasteiger partial charge is 0.438 e. The van der Waals surface area contributed by atoms with Crippen LogP contribution in [0.2, 0.25) is 0 Å². The molecule has 0 fully saturated rings. The number of benzene rings is 1. The zero-order valence-electron chi connectivity index (χ0n) is 10.7. The van der Waals surface area contributed by atoms with E-state index in [0.717, 1.165) is 21.1 Å². The van der Waals surface area contributed by atoms with Crippen LogP contribution in [0.25, 0.3) is 11.0 Å². The summed E-state index contributed by atoms with van der Waals surface area (Å²) in [7, 11) is 1.82. The van der Waals surface area contributed by atoms with Crippen LogP contribution in [0.3, 0.4) is 0 Å². The molecule has 1 aromatic carbocycles. The lowest BCUT2D eigenvalue weighted by molar-refractivity contribution is 0.462. The second-order valence-corrected chi connectivity index (χ2v) is 5.16. The SMILES string of the molecule is Cn1ncc2c(Oc3ccc(Br)cc3CN)ncnc21. The van der Waals surface area contributed by atoms with Crippen molar-refractivity contribution in [3.63, 3.8) is 0 Å². The fraction of sp³-hybridized carbons (Fsp3) is 0.154. The Labute approximate surface area is 123 Å². The highest BCUT2D eigenvalue weighted by molar-refractivity contribution is 9.10. The molecule has 0 aliphatic heterocycles. The smallest absolute Gasteiger partial charge is 0.233 e. The normalized spacial score (nSPS) is 10.9. The molecular formula is C13H12BrN5O. The molecule has 2 N–H and O–H groups in total. The number of hydrogen-bond donors (Lipinski definition) is 1. The highest BCUT2D eigenvalue weighted by Crippen LogP contribution is 2.30. The number of ether oxygens (including phenoxy) is 1. The first-order valence-electron chi connectivity index (χ1n) is 5.98. The summed E-state index contributed by atoms with van der Waals surface area (Å²) in [5, 5.41) is 4.92. The van der Waals surface area contributed by atoms with E-state index >= 15 is 0 Å². The van der Waals surface area contributed by atoms with Gasteiger partial charge in [0.25, 0.3) is 0 Å². The Kier molecular flexibility index (Phi) is 3.37. The molecule has 6 nitrogen and oxygen atoms in total. The van der Waals surface area contributed by atoms with Crippen LogP contribution in [0.15, 0.2) is 35.2 Å². The van der Waals surface area contributed by atoms with E-state index in [1.807, 2.05) is 25.2 Å². The second kappa shape index (κ2) is 5.18. The number of halogens is 1. The molecular weight excluding hydrogens is 322 g/mol. The van der Waals surface area contributed by atoms with Gasteiger partial charge < -0.3 is 10.5 Å². The van der Waals surface area contributed by atoms with E-state index in [2.05, 4.69) is 31.0 Å². The van der Waals surface area contributed by atoms with Gasteiger partial charge in [-0.3, -0.25) is 4.68 Å². The van der Waals surface area contributed by atoms with Gasteiger partial charge in [-0.25, -0.2) is 9.97 Å². The Bertz CT molecular complexity index is 771. The van der Waals surface area contributed by atoms with Gasteiger partial charge in [0.2, 0.25) is 5.88 Å². The number of nitrogens with two attached hydrogens (primary N) is 1. The summed E-state index contributed by atoms with van der Waals surface area (Å²) in [6.07, 6.45) is 3.14. The van der Waals surface area contributed by atoms with Crippen molar-refractivity contribution < 1.29 is 4.74 Å². The van der Waals surface area contributed by atoms with Crippen LogP contribution in [0.1, 0.15) is 5.56 Å². The summed E-state index contributed by atoms with van der Waals surface area (Å²) in [5.74, 6) is 1.15. The van der Waals surface area contributed by atoms with Crippen LogP contribution in [0.5, 0.6) is 11.6 Å². The van der Waals surface area contributed by atoms with Crippen molar-refractivity contribution in [1.29, 1.82) is 0 Å². The zero-order valence-corrected chi connectivity index (χ0v) is 12.3. The number of rotatable bonds is 3. The van der Waals surface area contributed by atoms with Gasteiger partial charge in [0.15, 0.2) is 5.65 Å². The van der Waals surface area contributed by atoms with E-state index in [9.17, 15) is 0 Å². The average molecular weight is 334 g/mol. The van der Waals surface area contributed by atoms with Gasteiger partial charge in [0.1, 0.15) is 17.5 Å². The van der Waals surface area contributed by atoms with E-state index in [4.69, 9.17) is 10.5 Å². The van der Waals surface area contributed by atoms with Crippen LogP contribution >= 0.6 is 15.9 Å². The molecule has 102 valence electrons. The molecule has 20 heavy (non-hydrogen) atoms. The Hall–Kier alpha value is -1.99. The summed E-state index contributed by atoms with van der Waals surface area (Å²) in [6, 6.07) is 5.68. The van der Waals surface area contributed by atoms with E-state index in [0.29, 0.717) is 18.2 Å². The lowest BCUT2D eigenvalue weighted by atomic mass is 10.2. The van der Waals surface area contributed by atoms with Gasteiger partial charge in [-0.2, -0.15) is 5.10 Å². The second-order valence-electron chi connectivity index (χ2n) is 4.24. The van der Waals surface area contributed by atoms with Gasteiger partial charge >= 0.3 is 0 Å². The lowest BCUT2D eigenvalue weighted by Gasteiger charge is -2.10. The maximum atomic E-state index is 5.88. The number of hydrogen-bond acceptors (Lipinski definition) is 5. The van der Waals surface area contributed by atoms with Gasteiger partial charge in [-0.15, -0.1) is 0 Å². The third-order valence-corrected chi connectivity index (χ3v) is 3.44. The van der Waals surface area contributed by atoms with Crippen molar-refractivity contribution in [2.24, 2.45) is 12.8 Å². The van der Waals surface area contributed by atoms with E-state index in [1.165, 1.54) is 6.33 Å². The maximum absolute atomic E-state index is 5.88. The highest BCUT2D eigenvalue weighted by atomic mass is 79.9.